The van der Waals surface area contributed by atoms with Crippen molar-refractivity contribution in [2.45, 2.75) is 0 Å². The lowest BCUT2D eigenvalue weighted by molar-refractivity contribution is 0.102. The van der Waals surface area contributed by atoms with Gasteiger partial charge in [0.1, 0.15) is 11.6 Å². The molecule has 0 atom stereocenters. The summed E-state index contributed by atoms with van der Waals surface area (Å²) in [7, 11) is 0. The van der Waals surface area contributed by atoms with Crippen LogP contribution in [0.4, 0.5) is 10.1 Å². The van der Waals surface area contributed by atoms with Gasteiger partial charge in [-0.05, 0) is 66.7 Å². The molecule has 1 amide bonds. The Morgan fingerprint density at radius 3 is 2.46 bits per heavy atom. The molecule has 0 aliphatic carbocycles. The summed E-state index contributed by atoms with van der Waals surface area (Å²) in [5.41, 5.74) is 1.95. The van der Waals surface area contributed by atoms with E-state index < -0.39 is 0 Å². The van der Waals surface area contributed by atoms with Gasteiger partial charge in [-0.2, -0.15) is 0 Å². The van der Waals surface area contributed by atoms with E-state index in [2.05, 4.69) is 10.3 Å². The van der Waals surface area contributed by atoms with Crippen molar-refractivity contribution in [2.24, 2.45) is 0 Å². The van der Waals surface area contributed by atoms with Crippen LogP contribution in [0.25, 0.3) is 22.8 Å². The first-order valence-corrected chi connectivity index (χ1v) is 11.1. The van der Waals surface area contributed by atoms with Crippen LogP contribution >= 0.6 is 11.6 Å². The fraction of sp³-hybridized carbons (Fsp3) is 0. The van der Waals surface area contributed by atoms with Crippen LogP contribution in [0.1, 0.15) is 10.4 Å². The van der Waals surface area contributed by atoms with Crippen LogP contribution in [0.15, 0.2) is 108 Å². The van der Waals surface area contributed by atoms with Crippen molar-refractivity contribution in [3.05, 3.63) is 120 Å². The number of amides is 1. The van der Waals surface area contributed by atoms with Gasteiger partial charge in [0.05, 0.1) is 17.4 Å². The summed E-state index contributed by atoms with van der Waals surface area (Å²) in [6, 6.07) is 27.1. The number of nitrogens with one attached hydrogen (secondary N) is 1. The average molecular weight is 485 g/mol. The summed E-state index contributed by atoms with van der Waals surface area (Å²) in [6.45, 7) is 0. The quantitative estimate of drug-likeness (QED) is 0.266. The molecule has 0 bridgehead atoms. The number of anilines is 1. The number of aromatic nitrogens is 1. The molecule has 0 saturated heterocycles. The van der Waals surface area contributed by atoms with Crippen molar-refractivity contribution in [2.75, 3.05) is 5.32 Å². The van der Waals surface area contributed by atoms with Crippen molar-refractivity contribution in [3.8, 4) is 34.3 Å². The van der Waals surface area contributed by atoms with E-state index in [1.54, 1.807) is 60.8 Å². The molecular formula is C28H18ClFN2O3. The van der Waals surface area contributed by atoms with Crippen molar-refractivity contribution in [3.63, 3.8) is 0 Å². The minimum atomic E-state index is -0.387. The lowest BCUT2D eigenvalue weighted by Gasteiger charge is -2.14. The van der Waals surface area contributed by atoms with E-state index in [1.807, 2.05) is 30.3 Å². The average Bonchev–Trinajstić information content (AvgIpc) is 3.37. The molecule has 1 aromatic heterocycles. The maximum Gasteiger partial charge on any atom is 0.256 e. The first-order chi connectivity index (χ1) is 17.1. The predicted molar refractivity (Wildman–Crippen MR) is 133 cm³/mol. The number of oxazole rings is 1. The Hall–Kier alpha value is -4.42. The van der Waals surface area contributed by atoms with Crippen molar-refractivity contribution >= 4 is 23.2 Å². The van der Waals surface area contributed by atoms with Gasteiger partial charge in [0.15, 0.2) is 11.5 Å². The Morgan fingerprint density at radius 1 is 0.914 bits per heavy atom. The van der Waals surface area contributed by atoms with Crippen LogP contribution in [-0.2, 0) is 0 Å². The summed E-state index contributed by atoms with van der Waals surface area (Å²) < 4.78 is 25.1. The van der Waals surface area contributed by atoms with Crippen LogP contribution in [0, 0.1) is 5.82 Å². The van der Waals surface area contributed by atoms with E-state index in [-0.39, 0.29) is 17.6 Å². The molecule has 0 spiro atoms. The van der Waals surface area contributed by atoms with Crippen LogP contribution in [-0.4, -0.2) is 10.9 Å². The largest absolute Gasteiger partial charge is 0.455 e. The number of ether oxygens (including phenoxy) is 1. The van der Waals surface area contributed by atoms with Crippen LogP contribution < -0.4 is 10.1 Å². The Bertz CT molecular complexity index is 1480. The smallest absolute Gasteiger partial charge is 0.256 e. The SMILES string of the molecule is O=C(Nc1cc(Cl)ccc1Oc1ccccc1)c1ccccc1-c1ncc(-c2ccc(F)cc2)o1. The second-order valence-electron chi connectivity index (χ2n) is 7.59. The van der Waals surface area contributed by atoms with Crippen molar-refractivity contribution in [1.29, 1.82) is 0 Å². The summed E-state index contributed by atoms with van der Waals surface area (Å²) in [4.78, 5) is 17.7. The number of benzene rings is 4. The highest BCUT2D eigenvalue weighted by Crippen LogP contribution is 2.34. The second kappa shape index (κ2) is 9.83. The summed E-state index contributed by atoms with van der Waals surface area (Å²) in [5, 5.41) is 3.33. The van der Waals surface area contributed by atoms with Gasteiger partial charge in [0, 0.05) is 16.1 Å². The molecule has 0 radical (unpaired) electrons. The van der Waals surface area contributed by atoms with Crippen molar-refractivity contribution in [1.82, 2.24) is 4.98 Å². The fourth-order valence-electron chi connectivity index (χ4n) is 3.51. The third-order valence-electron chi connectivity index (χ3n) is 5.20. The molecule has 35 heavy (non-hydrogen) atoms. The molecule has 5 nitrogen and oxygen atoms in total. The monoisotopic (exact) mass is 484 g/mol. The highest BCUT2D eigenvalue weighted by atomic mass is 35.5. The molecular weight excluding hydrogens is 467 g/mol. The third-order valence-corrected chi connectivity index (χ3v) is 5.43. The van der Waals surface area contributed by atoms with Crippen LogP contribution in [0.3, 0.4) is 0 Å². The van der Waals surface area contributed by atoms with E-state index in [4.69, 9.17) is 20.8 Å². The molecule has 0 saturated carbocycles. The zero-order valence-corrected chi connectivity index (χ0v) is 19.0. The van der Waals surface area contributed by atoms with Gasteiger partial charge in [-0.3, -0.25) is 4.79 Å². The maximum atomic E-state index is 13.3. The second-order valence-corrected chi connectivity index (χ2v) is 8.03. The number of nitrogens with zero attached hydrogens (tertiary/aromatic N) is 1. The number of halogens is 2. The predicted octanol–water partition coefficient (Wildman–Crippen LogP) is 7.85. The van der Waals surface area contributed by atoms with Crippen molar-refractivity contribution < 1.29 is 18.3 Å². The maximum absolute atomic E-state index is 13.3. The van der Waals surface area contributed by atoms with Gasteiger partial charge in [0.2, 0.25) is 5.89 Å². The first kappa shape index (κ1) is 22.4. The van der Waals surface area contributed by atoms with Gasteiger partial charge < -0.3 is 14.5 Å². The van der Waals surface area contributed by atoms with E-state index in [0.717, 1.165) is 0 Å². The number of carbonyl (C=O) groups is 1. The summed E-state index contributed by atoms with van der Waals surface area (Å²) in [6.07, 6.45) is 1.54. The molecule has 0 unspecified atom stereocenters. The van der Waals surface area contributed by atoms with E-state index in [9.17, 15) is 9.18 Å². The molecule has 7 heteroatoms. The standard InChI is InChI=1S/C28H18ClFN2O3/c29-19-12-15-25(34-21-6-2-1-3-7-21)24(16-19)32-27(33)22-8-4-5-9-23(22)28-31-17-26(35-28)18-10-13-20(30)14-11-18/h1-17H,(H,32,33). The molecule has 172 valence electrons. The molecule has 1 N–H and O–H groups in total. The molecule has 0 fully saturated rings. The first-order valence-electron chi connectivity index (χ1n) is 10.7. The van der Waals surface area contributed by atoms with Gasteiger partial charge in [-0.15, -0.1) is 0 Å². The molecule has 0 aliphatic rings. The normalized spacial score (nSPS) is 10.7. The minimum absolute atomic E-state index is 0.266. The van der Waals surface area contributed by atoms with E-state index in [0.29, 0.717) is 44.7 Å². The Kier molecular flexibility index (Phi) is 6.28. The van der Waals surface area contributed by atoms with Gasteiger partial charge in [-0.1, -0.05) is 41.9 Å². The highest BCUT2D eigenvalue weighted by Gasteiger charge is 2.19. The third kappa shape index (κ3) is 5.08. The molecule has 1 heterocycles. The zero-order chi connectivity index (χ0) is 24.2. The van der Waals surface area contributed by atoms with Crippen LogP contribution in [0.2, 0.25) is 5.02 Å². The number of para-hydroxylation sites is 1. The Morgan fingerprint density at radius 2 is 1.66 bits per heavy atom. The van der Waals surface area contributed by atoms with E-state index in [1.165, 1.54) is 12.1 Å². The number of hydrogen-bond acceptors (Lipinski definition) is 4. The summed E-state index contributed by atoms with van der Waals surface area (Å²) >= 11 is 6.19. The minimum Gasteiger partial charge on any atom is -0.455 e. The van der Waals surface area contributed by atoms with Gasteiger partial charge in [0.25, 0.3) is 5.91 Å². The molecule has 4 aromatic carbocycles. The number of rotatable bonds is 6. The number of hydrogen-bond donors (Lipinski definition) is 1. The molecule has 5 aromatic rings. The Labute approximate surface area is 205 Å². The topological polar surface area (TPSA) is 64.4 Å². The lowest BCUT2D eigenvalue weighted by atomic mass is 10.1. The molecule has 0 aliphatic heterocycles. The zero-order valence-electron chi connectivity index (χ0n) is 18.2. The number of carbonyl (C=O) groups excluding carboxylic acids is 1. The highest BCUT2D eigenvalue weighted by molar-refractivity contribution is 6.31. The Balaban J connectivity index is 1.44. The molecule has 5 rings (SSSR count). The van der Waals surface area contributed by atoms with Crippen LogP contribution in [0.5, 0.6) is 11.5 Å². The lowest BCUT2D eigenvalue weighted by Crippen LogP contribution is -2.14. The van der Waals surface area contributed by atoms with E-state index >= 15 is 0 Å². The fourth-order valence-corrected chi connectivity index (χ4v) is 3.68. The van der Waals surface area contributed by atoms with Gasteiger partial charge >= 0.3 is 0 Å². The summed E-state index contributed by atoms with van der Waals surface area (Å²) in [5.74, 6) is 1.07. The van der Waals surface area contributed by atoms with Gasteiger partial charge in [-0.25, -0.2) is 9.37 Å².